The normalized spacial score (nSPS) is 18.3. The molecule has 0 amide bonds. The fourth-order valence-electron chi connectivity index (χ4n) is 2.22. The molecule has 0 saturated heterocycles. The van der Waals surface area contributed by atoms with Gasteiger partial charge < -0.3 is 19.9 Å². The predicted octanol–water partition coefficient (Wildman–Crippen LogP) is 2.15. The zero-order valence-corrected chi connectivity index (χ0v) is 12.5. The van der Waals surface area contributed by atoms with Gasteiger partial charge in [-0.1, -0.05) is 0 Å². The van der Waals surface area contributed by atoms with Crippen molar-refractivity contribution in [3.05, 3.63) is 18.2 Å². The summed E-state index contributed by atoms with van der Waals surface area (Å²) in [4.78, 5) is 12.3. The Kier molecular flexibility index (Phi) is 4.55. The lowest BCUT2D eigenvalue weighted by atomic mass is 10.2. The van der Waals surface area contributed by atoms with E-state index in [9.17, 15) is 9.90 Å². The zero-order chi connectivity index (χ0) is 14.7. The Morgan fingerprint density at radius 3 is 2.81 bits per heavy atom. The smallest absolute Gasteiger partial charge is 0.320 e. The minimum absolute atomic E-state index is 0.408. The lowest BCUT2D eigenvalue weighted by molar-refractivity contribution is -0.139. The van der Waals surface area contributed by atoms with Gasteiger partial charge in [0, 0.05) is 16.7 Å². The molecule has 0 spiro atoms. The molecule has 1 unspecified atom stereocenters. The molecule has 0 radical (unpaired) electrons. The topological polar surface area (TPSA) is 67.8 Å². The average Bonchev–Trinajstić information content (AvgIpc) is 3.30. The molecule has 3 rings (SSSR count). The first-order valence-electron chi connectivity index (χ1n) is 7.23. The minimum Gasteiger partial charge on any atom is -0.486 e. The highest BCUT2D eigenvalue weighted by atomic mass is 32.2. The Balaban J connectivity index is 1.50. The number of ether oxygens (including phenoxy) is 2. The molecular formula is C15H19NO4S. The lowest BCUT2D eigenvalue weighted by Crippen LogP contribution is -2.38. The summed E-state index contributed by atoms with van der Waals surface area (Å²) in [6.07, 6.45) is 2.81. The van der Waals surface area contributed by atoms with Crippen LogP contribution in [0.4, 0.5) is 0 Å². The van der Waals surface area contributed by atoms with Gasteiger partial charge in [-0.2, -0.15) is 0 Å². The molecule has 1 heterocycles. The van der Waals surface area contributed by atoms with E-state index in [1.165, 1.54) is 0 Å². The van der Waals surface area contributed by atoms with Crippen LogP contribution in [-0.2, 0) is 4.79 Å². The summed E-state index contributed by atoms with van der Waals surface area (Å²) in [5, 5.41) is 12.4. The fourth-order valence-corrected chi connectivity index (χ4v) is 3.16. The van der Waals surface area contributed by atoms with Crippen molar-refractivity contribution in [2.75, 3.05) is 19.0 Å². The number of aliphatic carboxylic acids is 1. The van der Waals surface area contributed by atoms with Crippen LogP contribution in [0.2, 0.25) is 0 Å². The van der Waals surface area contributed by atoms with E-state index >= 15 is 0 Å². The van der Waals surface area contributed by atoms with Gasteiger partial charge in [0.05, 0.1) is 0 Å². The molecule has 2 aliphatic rings. The second kappa shape index (κ2) is 6.58. The van der Waals surface area contributed by atoms with Crippen LogP contribution < -0.4 is 14.8 Å². The van der Waals surface area contributed by atoms with E-state index in [1.807, 2.05) is 18.2 Å². The number of hydrogen-bond donors (Lipinski definition) is 2. The highest BCUT2D eigenvalue weighted by Crippen LogP contribution is 2.34. The van der Waals surface area contributed by atoms with E-state index in [-0.39, 0.29) is 0 Å². The molecule has 1 aromatic rings. The van der Waals surface area contributed by atoms with Crippen LogP contribution >= 0.6 is 11.8 Å². The molecule has 1 aromatic carbocycles. The maximum Gasteiger partial charge on any atom is 0.320 e. The molecule has 1 aliphatic carbocycles. The molecule has 0 aromatic heterocycles. The molecule has 2 N–H and O–H groups in total. The van der Waals surface area contributed by atoms with E-state index in [1.54, 1.807) is 11.8 Å². The Labute approximate surface area is 128 Å². The van der Waals surface area contributed by atoms with Crippen LogP contribution in [0.25, 0.3) is 0 Å². The maximum atomic E-state index is 11.2. The number of benzene rings is 1. The van der Waals surface area contributed by atoms with E-state index < -0.39 is 12.0 Å². The van der Waals surface area contributed by atoms with E-state index in [0.717, 1.165) is 35.0 Å². The molecule has 1 atom stereocenters. The molecular weight excluding hydrogens is 290 g/mol. The predicted molar refractivity (Wildman–Crippen MR) is 80.4 cm³/mol. The van der Waals surface area contributed by atoms with Crippen molar-refractivity contribution < 1.29 is 19.4 Å². The van der Waals surface area contributed by atoms with Crippen molar-refractivity contribution in [2.45, 2.75) is 36.2 Å². The van der Waals surface area contributed by atoms with Crippen molar-refractivity contribution in [1.82, 2.24) is 5.32 Å². The first-order chi connectivity index (χ1) is 10.2. The summed E-state index contributed by atoms with van der Waals surface area (Å²) < 4.78 is 11.0. The van der Waals surface area contributed by atoms with E-state index in [0.29, 0.717) is 25.7 Å². The van der Waals surface area contributed by atoms with Crippen LogP contribution in [0.1, 0.15) is 19.3 Å². The zero-order valence-electron chi connectivity index (χ0n) is 11.7. The maximum absolute atomic E-state index is 11.2. The largest absolute Gasteiger partial charge is 0.486 e. The van der Waals surface area contributed by atoms with Crippen LogP contribution in [0.3, 0.4) is 0 Å². The summed E-state index contributed by atoms with van der Waals surface area (Å²) in [7, 11) is 0. The second-order valence-corrected chi connectivity index (χ2v) is 6.44. The van der Waals surface area contributed by atoms with Crippen LogP contribution in [0, 0.1) is 0 Å². The molecule has 6 heteroatoms. The van der Waals surface area contributed by atoms with Gasteiger partial charge in [-0.3, -0.25) is 4.79 Å². The number of carboxylic acid groups (broad SMARTS) is 1. The summed E-state index contributed by atoms with van der Waals surface area (Å²) in [5.41, 5.74) is 0. The number of carboxylic acids is 1. The SMILES string of the molecule is O=C(O)C(CCSc1ccc2c(c1)OCCO2)NC1CC1. The van der Waals surface area contributed by atoms with Gasteiger partial charge in [0.1, 0.15) is 19.3 Å². The third kappa shape index (κ3) is 4.04. The first kappa shape index (κ1) is 14.5. The number of thioether (sulfide) groups is 1. The summed E-state index contributed by atoms with van der Waals surface area (Å²) in [6, 6.07) is 5.83. The Morgan fingerprint density at radius 2 is 2.10 bits per heavy atom. The highest BCUT2D eigenvalue weighted by Gasteiger charge is 2.27. The van der Waals surface area contributed by atoms with Gasteiger partial charge in [-0.05, 0) is 37.5 Å². The van der Waals surface area contributed by atoms with Gasteiger partial charge in [-0.25, -0.2) is 0 Å². The summed E-state index contributed by atoms with van der Waals surface area (Å²) in [6.45, 7) is 1.17. The van der Waals surface area contributed by atoms with E-state index in [4.69, 9.17) is 9.47 Å². The molecule has 1 fully saturated rings. The molecule has 0 bridgehead atoms. The molecule has 21 heavy (non-hydrogen) atoms. The number of nitrogens with one attached hydrogen (secondary N) is 1. The quantitative estimate of drug-likeness (QED) is 0.752. The molecule has 114 valence electrons. The van der Waals surface area contributed by atoms with Crippen LogP contribution in [0.15, 0.2) is 23.1 Å². The number of rotatable bonds is 7. The van der Waals surface area contributed by atoms with Crippen molar-refractivity contribution in [3.63, 3.8) is 0 Å². The molecule has 5 nitrogen and oxygen atoms in total. The summed E-state index contributed by atoms with van der Waals surface area (Å²) in [5.74, 6) is 1.56. The van der Waals surface area contributed by atoms with Gasteiger partial charge in [-0.15, -0.1) is 11.8 Å². The molecule has 1 aliphatic heterocycles. The van der Waals surface area contributed by atoms with Gasteiger partial charge in [0.25, 0.3) is 0 Å². The highest BCUT2D eigenvalue weighted by molar-refractivity contribution is 7.99. The number of carbonyl (C=O) groups is 1. The van der Waals surface area contributed by atoms with Gasteiger partial charge in [0.2, 0.25) is 0 Å². The average molecular weight is 309 g/mol. The third-order valence-electron chi connectivity index (χ3n) is 3.50. The van der Waals surface area contributed by atoms with Gasteiger partial charge in [0.15, 0.2) is 11.5 Å². The minimum atomic E-state index is -0.760. The van der Waals surface area contributed by atoms with E-state index in [2.05, 4.69) is 5.32 Å². The second-order valence-electron chi connectivity index (χ2n) is 5.27. The third-order valence-corrected chi connectivity index (χ3v) is 4.53. The van der Waals surface area contributed by atoms with Gasteiger partial charge >= 0.3 is 5.97 Å². The molecule has 1 saturated carbocycles. The van der Waals surface area contributed by atoms with Crippen LogP contribution in [0.5, 0.6) is 11.5 Å². The van der Waals surface area contributed by atoms with Crippen molar-refractivity contribution >= 4 is 17.7 Å². The Morgan fingerprint density at radius 1 is 1.33 bits per heavy atom. The summed E-state index contributed by atoms with van der Waals surface area (Å²) >= 11 is 1.65. The fraction of sp³-hybridized carbons (Fsp3) is 0.533. The Bertz CT molecular complexity index is 518. The standard InChI is InChI=1S/C15H19NO4S/c17-15(18)12(16-10-1-2-10)5-8-21-11-3-4-13-14(9-11)20-7-6-19-13/h3-4,9-10,12,16H,1-2,5-8H2,(H,17,18). The van der Waals surface area contributed by atoms with Crippen molar-refractivity contribution in [3.8, 4) is 11.5 Å². The number of fused-ring (bicyclic) bond motifs is 1. The van der Waals surface area contributed by atoms with Crippen LogP contribution in [-0.4, -0.2) is 42.1 Å². The lowest BCUT2D eigenvalue weighted by Gasteiger charge is -2.19. The van der Waals surface area contributed by atoms with Crippen molar-refractivity contribution in [2.24, 2.45) is 0 Å². The first-order valence-corrected chi connectivity index (χ1v) is 8.22. The number of hydrogen-bond acceptors (Lipinski definition) is 5. The Hall–Kier alpha value is -1.40. The monoisotopic (exact) mass is 309 g/mol. The van der Waals surface area contributed by atoms with Crippen molar-refractivity contribution in [1.29, 1.82) is 0 Å².